The molecule has 3 aliphatic rings. The van der Waals surface area contributed by atoms with Crippen LogP contribution in [0, 0.1) is 45.8 Å². The van der Waals surface area contributed by atoms with E-state index in [1.54, 1.807) is 0 Å². The van der Waals surface area contributed by atoms with Crippen molar-refractivity contribution in [1.29, 1.82) is 0 Å². The number of aliphatic hydroxyl groups is 1. The van der Waals surface area contributed by atoms with E-state index in [4.69, 9.17) is 0 Å². The molecular formula is C28H52O. The Labute approximate surface area is 182 Å². The van der Waals surface area contributed by atoms with Crippen molar-refractivity contribution in [2.75, 3.05) is 6.61 Å². The molecule has 1 N–H and O–H groups in total. The van der Waals surface area contributed by atoms with Crippen molar-refractivity contribution in [3.05, 3.63) is 0 Å². The highest BCUT2D eigenvalue weighted by Gasteiger charge is 2.59. The Bertz CT molecular complexity index is 524. The Morgan fingerprint density at radius 1 is 0.862 bits per heavy atom. The number of rotatable bonds is 8. The number of hydrogen-bond acceptors (Lipinski definition) is 1. The van der Waals surface area contributed by atoms with Crippen LogP contribution in [-0.4, -0.2) is 11.7 Å². The molecule has 3 rings (SSSR count). The van der Waals surface area contributed by atoms with Crippen LogP contribution in [0.25, 0.3) is 0 Å². The van der Waals surface area contributed by atoms with Gasteiger partial charge in [-0.05, 0) is 104 Å². The molecule has 1 heteroatoms. The van der Waals surface area contributed by atoms with Crippen molar-refractivity contribution < 1.29 is 5.11 Å². The lowest BCUT2D eigenvalue weighted by Gasteiger charge is -2.56. The maximum Gasteiger partial charge on any atom is 0.0431 e. The summed E-state index contributed by atoms with van der Waals surface area (Å²) in [5.41, 5.74) is 1.61. The zero-order chi connectivity index (χ0) is 21.3. The van der Waals surface area contributed by atoms with Crippen LogP contribution >= 0.6 is 0 Å². The molecule has 3 saturated carbocycles. The second-order valence-corrected chi connectivity index (χ2v) is 12.7. The normalized spacial score (nSPS) is 41.7. The molecular weight excluding hydrogens is 352 g/mol. The van der Waals surface area contributed by atoms with Crippen molar-refractivity contribution in [2.45, 2.75) is 125 Å². The molecule has 3 aliphatic carbocycles. The van der Waals surface area contributed by atoms with Crippen LogP contribution in [0.4, 0.5) is 0 Å². The summed E-state index contributed by atoms with van der Waals surface area (Å²) >= 11 is 0. The fourth-order valence-electron chi connectivity index (χ4n) is 8.94. The average Bonchev–Trinajstić information content (AvgIpc) is 2.96. The minimum Gasteiger partial charge on any atom is -0.396 e. The van der Waals surface area contributed by atoms with Gasteiger partial charge in [0, 0.05) is 6.61 Å². The third kappa shape index (κ3) is 4.33. The Morgan fingerprint density at radius 3 is 2.28 bits per heavy atom. The van der Waals surface area contributed by atoms with E-state index < -0.39 is 0 Å². The van der Waals surface area contributed by atoms with Crippen LogP contribution in [0.3, 0.4) is 0 Å². The monoisotopic (exact) mass is 404 g/mol. The second-order valence-electron chi connectivity index (χ2n) is 12.7. The van der Waals surface area contributed by atoms with E-state index in [0.717, 1.165) is 36.0 Å². The number of fused-ring (bicyclic) bond motifs is 1. The lowest BCUT2D eigenvalue weighted by molar-refractivity contribution is -0.0650. The van der Waals surface area contributed by atoms with Crippen molar-refractivity contribution in [3.63, 3.8) is 0 Å². The van der Waals surface area contributed by atoms with Crippen LogP contribution in [0.15, 0.2) is 0 Å². The summed E-state index contributed by atoms with van der Waals surface area (Å²) in [7, 11) is 0. The lowest BCUT2D eigenvalue weighted by atomic mass is 9.49. The van der Waals surface area contributed by atoms with Gasteiger partial charge in [0.15, 0.2) is 0 Å². The smallest absolute Gasteiger partial charge is 0.0431 e. The van der Waals surface area contributed by atoms with Gasteiger partial charge in [-0.1, -0.05) is 67.2 Å². The highest BCUT2D eigenvalue weighted by Crippen LogP contribution is 2.68. The molecule has 3 fully saturated rings. The molecule has 0 aromatic heterocycles. The first-order chi connectivity index (χ1) is 13.7. The Kier molecular flexibility index (Phi) is 7.51. The highest BCUT2D eigenvalue weighted by molar-refractivity contribution is 5.09. The predicted octanol–water partition coefficient (Wildman–Crippen LogP) is 8.25. The van der Waals surface area contributed by atoms with Crippen molar-refractivity contribution in [3.8, 4) is 0 Å². The highest BCUT2D eigenvalue weighted by atomic mass is 16.2. The first-order valence-electron chi connectivity index (χ1n) is 13.3. The maximum absolute atomic E-state index is 9.34. The summed E-state index contributed by atoms with van der Waals surface area (Å²) in [5.74, 6) is 4.44. The van der Waals surface area contributed by atoms with Crippen molar-refractivity contribution in [1.82, 2.24) is 0 Å². The van der Waals surface area contributed by atoms with Gasteiger partial charge in [-0.2, -0.15) is 0 Å². The fourth-order valence-corrected chi connectivity index (χ4v) is 8.94. The topological polar surface area (TPSA) is 20.2 Å². The maximum atomic E-state index is 9.34. The Hall–Kier alpha value is -0.0400. The molecule has 0 saturated heterocycles. The van der Waals surface area contributed by atoms with Gasteiger partial charge in [0.25, 0.3) is 0 Å². The van der Waals surface area contributed by atoms with E-state index in [1.807, 2.05) is 0 Å². The molecule has 0 spiro atoms. The van der Waals surface area contributed by atoms with Crippen LogP contribution < -0.4 is 0 Å². The standard InChI is InChI=1S/C28H52O/c1-7-22(25-14-8-9-16-26(25,3)4)20-23-13-10-17-28(6)24(15-18-27(23,28)5)21(2)12-11-19-29/h21-25,29H,7-20H2,1-6H3/t21-,22+,23?,24?,25?,27?,28?/m1/s1. The second kappa shape index (κ2) is 9.22. The van der Waals surface area contributed by atoms with E-state index in [0.29, 0.717) is 22.9 Å². The number of hydrogen-bond donors (Lipinski definition) is 1. The summed E-state index contributed by atoms with van der Waals surface area (Å²) in [5, 5.41) is 9.34. The van der Waals surface area contributed by atoms with Crippen LogP contribution in [-0.2, 0) is 0 Å². The Morgan fingerprint density at radius 2 is 1.62 bits per heavy atom. The summed E-state index contributed by atoms with van der Waals surface area (Å²) in [6, 6.07) is 0. The summed E-state index contributed by atoms with van der Waals surface area (Å²) in [4.78, 5) is 0. The molecule has 0 aromatic rings. The molecule has 5 unspecified atom stereocenters. The molecule has 170 valence electrons. The van der Waals surface area contributed by atoms with E-state index in [-0.39, 0.29) is 0 Å². The van der Waals surface area contributed by atoms with Gasteiger partial charge < -0.3 is 5.11 Å². The zero-order valence-corrected chi connectivity index (χ0v) is 20.7. The predicted molar refractivity (Wildman–Crippen MR) is 126 cm³/mol. The molecule has 29 heavy (non-hydrogen) atoms. The van der Waals surface area contributed by atoms with Crippen molar-refractivity contribution in [2.24, 2.45) is 45.8 Å². The summed E-state index contributed by atoms with van der Waals surface area (Å²) < 4.78 is 0. The van der Waals surface area contributed by atoms with Gasteiger partial charge in [-0.3, -0.25) is 0 Å². The minimum absolute atomic E-state index is 0.364. The average molecular weight is 405 g/mol. The molecule has 1 nitrogen and oxygen atoms in total. The van der Waals surface area contributed by atoms with Gasteiger partial charge in [0.05, 0.1) is 0 Å². The van der Waals surface area contributed by atoms with E-state index in [9.17, 15) is 5.11 Å². The van der Waals surface area contributed by atoms with Gasteiger partial charge in [-0.25, -0.2) is 0 Å². The van der Waals surface area contributed by atoms with E-state index >= 15 is 0 Å². The third-order valence-electron chi connectivity index (χ3n) is 11.0. The number of aliphatic hydroxyl groups excluding tert-OH is 1. The quantitative estimate of drug-likeness (QED) is 0.431. The molecule has 0 amide bonds. The summed E-state index contributed by atoms with van der Waals surface area (Å²) in [6.07, 6.45) is 18.2. The van der Waals surface area contributed by atoms with E-state index in [1.165, 1.54) is 77.0 Å². The fraction of sp³-hybridized carbons (Fsp3) is 1.00. The van der Waals surface area contributed by atoms with Gasteiger partial charge in [0.2, 0.25) is 0 Å². The summed E-state index contributed by atoms with van der Waals surface area (Å²) in [6.45, 7) is 15.9. The van der Waals surface area contributed by atoms with Gasteiger partial charge in [-0.15, -0.1) is 0 Å². The minimum atomic E-state index is 0.364. The first-order valence-corrected chi connectivity index (χ1v) is 13.3. The van der Waals surface area contributed by atoms with Gasteiger partial charge in [0.1, 0.15) is 0 Å². The van der Waals surface area contributed by atoms with Crippen LogP contribution in [0.1, 0.15) is 125 Å². The zero-order valence-electron chi connectivity index (χ0n) is 20.7. The van der Waals surface area contributed by atoms with Crippen molar-refractivity contribution >= 4 is 0 Å². The SMILES string of the molecule is CC[C@@H](CC1CCCC2(C)C([C@H](C)CCCO)CCC12C)C1CCCCC1(C)C. The first kappa shape index (κ1) is 23.6. The molecule has 0 bridgehead atoms. The third-order valence-corrected chi connectivity index (χ3v) is 11.0. The molecule has 0 aromatic carbocycles. The Balaban J connectivity index is 1.76. The molecule has 7 atom stereocenters. The van der Waals surface area contributed by atoms with Gasteiger partial charge >= 0.3 is 0 Å². The molecule has 0 radical (unpaired) electrons. The largest absolute Gasteiger partial charge is 0.396 e. The molecule has 0 heterocycles. The van der Waals surface area contributed by atoms with E-state index in [2.05, 4.69) is 41.5 Å². The molecule has 0 aliphatic heterocycles. The van der Waals surface area contributed by atoms with Crippen LogP contribution in [0.2, 0.25) is 0 Å². The lowest BCUT2D eigenvalue weighted by Crippen LogP contribution is -2.48. The van der Waals surface area contributed by atoms with Crippen LogP contribution in [0.5, 0.6) is 0 Å².